The van der Waals surface area contributed by atoms with Gasteiger partial charge >= 0.3 is 0 Å². The monoisotopic (exact) mass is 314 g/mol. The summed E-state index contributed by atoms with van der Waals surface area (Å²) in [6.45, 7) is 5.14. The molecule has 1 amide bonds. The van der Waals surface area contributed by atoms with Crippen LogP contribution in [-0.4, -0.2) is 19.1 Å². The van der Waals surface area contributed by atoms with Crippen molar-refractivity contribution in [2.24, 2.45) is 11.7 Å². The van der Waals surface area contributed by atoms with E-state index in [9.17, 15) is 4.79 Å². The van der Waals surface area contributed by atoms with E-state index in [1.54, 1.807) is 0 Å². The van der Waals surface area contributed by atoms with Crippen LogP contribution in [0, 0.1) is 5.92 Å². The number of rotatable bonds is 6. The first-order valence-electron chi connectivity index (χ1n) is 5.91. The van der Waals surface area contributed by atoms with E-state index in [4.69, 9.17) is 10.5 Å². The molecule has 0 atom stereocenters. The highest BCUT2D eigenvalue weighted by Crippen LogP contribution is 2.22. The summed E-state index contributed by atoms with van der Waals surface area (Å²) in [5, 5.41) is 2.80. The summed E-state index contributed by atoms with van der Waals surface area (Å²) < 4.78 is 6.41. The molecule has 0 aliphatic heterocycles. The molecule has 0 unspecified atom stereocenters. The minimum atomic E-state index is -0.116. The molecule has 0 aliphatic rings. The van der Waals surface area contributed by atoms with Gasteiger partial charge in [0.1, 0.15) is 5.75 Å². The van der Waals surface area contributed by atoms with Crippen molar-refractivity contribution in [2.45, 2.75) is 20.4 Å². The Labute approximate surface area is 116 Å². The fourth-order valence-electron chi connectivity index (χ4n) is 1.36. The maximum Gasteiger partial charge on any atom is 0.257 e. The minimum absolute atomic E-state index is 0.0152. The third-order valence-corrected chi connectivity index (χ3v) is 2.80. The van der Waals surface area contributed by atoms with Crippen LogP contribution in [0.4, 0.5) is 0 Å². The zero-order valence-electron chi connectivity index (χ0n) is 10.7. The van der Waals surface area contributed by atoms with Gasteiger partial charge in [0, 0.05) is 23.1 Å². The molecule has 0 saturated carbocycles. The Kier molecular flexibility index (Phi) is 6.15. The van der Waals surface area contributed by atoms with Gasteiger partial charge in [0.2, 0.25) is 0 Å². The second-order valence-corrected chi connectivity index (χ2v) is 5.36. The molecule has 0 radical (unpaired) electrons. The predicted molar refractivity (Wildman–Crippen MR) is 75.4 cm³/mol. The molecule has 0 spiro atoms. The van der Waals surface area contributed by atoms with Crippen molar-refractivity contribution in [3.8, 4) is 5.75 Å². The third-order valence-electron chi connectivity index (χ3n) is 2.31. The molecular formula is C13H19BrN2O2. The number of nitrogens with one attached hydrogen (secondary N) is 1. The summed E-state index contributed by atoms with van der Waals surface area (Å²) in [6.07, 6.45) is 0. The quantitative estimate of drug-likeness (QED) is 0.844. The normalized spacial score (nSPS) is 10.5. The predicted octanol–water partition coefficient (Wildman–Crippen LogP) is 2.06. The van der Waals surface area contributed by atoms with E-state index < -0.39 is 0 Å². The maximum atomic E-state index is 11.5. The summed E-state index contributed by atoms with van der Waals surface area (Å²) in [5.41, 5.74) is 6.50. The second-order valence-electron chi connectivity index (χ2n) is 4.44. The number of nitrogens with two attached hydrogens (primary N) is 1. The highest BCUT2D eigenvalue weighted by molar-refractivity contribution is 9.10. The number of benzene rings is 1. The van der Waals surface area contributed by atoms with Gasteiger partial charge in [-0.25, -0.2) is 0 Å². The van der Waals surface area contributed by atoms with Crippen LogP contribution in [0.3, 0.4) is 0 Å². The Hall–Kier alpha value is -1.07. The van der Waals surface area contributed by atoms with Gasteiger partial charge in [-0.3, -0.25) is 4.79 Å². The highest BCUT2D eigenvalue weighted by Gasteiger charge is 2.07. The number of amides is 1. The van der Waals surface area contributed by atoms with Crippen LogP contribution >= 0.6 is 15.9 Å². The first-order chi connectivity index (χ1) is 8.52. The highest BCUT2D eigenvalue weighted by atomic mass is 79.9. The Morgan fingerprint density at radius 2 is 2.22 bits per heavy atom. The van der Waals surface area contributed by atoms with E-state index in [-0.39, 0.29) is 12.5 Å². The maximum absolute atomic E-state index is 11.5. The van der Waals surface area contributed by atoms with Crippen molar-refractivity contribution in [1.82, 2.24) is 5.32 Å². The van der Waals surface area contributed by atoms with Crippen LogP contribution in [0.15, 0.2) is 22.7 Å². The lowest BCUT2D eigenvalue weighted by molar-refractivity contribution is -0.123. The molecule has 18 heavy (non-hydrogen) atoms. The lowest BCUT2D eigenvalue weighted by Crippen LogP contribution is -2.31. The zero-order chi connectivity index (χ0) is 13.5. The molecule has 0 bridgehead atoms. The van der Waals surface area contributed by atoms with Gasteiger partial charge < -0.3 is 15.8 Å². The van der Waals surface area contributed by atoms with Crippen molar-refractivity contribution < 1.29 is 9.53 Å². The van der Waals surface area contributed by atoms with Crippen molar-refractivity contribution in [3.63, 3.8) is 0 Å². The van der Waals surface area contributed by atoms with E-state index in [2.05, 4.69) is 21.2 Å². The standard InChI is InChI=1S/C13H19BrN2O2/c1-9(2)7-16-13(17)8-18-12-4-3-11(14)5-10(12)6-15/h3-5,9H,6-8,15H2,1-2H3,(H,16,17). The summed E-state index contributed by atoms with van der Waals surface area (Å²) in [6, 6.07) is 5.56. The van der Waals surface area contributed by atoms with E-state index in [0.717, 1.165) is 10.0 Å². The molecule has 1 aromatic carbocycles. The summed E-state index contributed by atoms with van der Waals surface area (Å²) in [4.78, 5) is 11.5. The van der Waals surface area contributed by atoms with Crippen LogP contribution in [0.5, 0.6) is 5.75 Å². The molecule has 1 aromatic rings. The number of ether oxygens (including phenoxy) is 1. The van der Waals surface area contributed by atoms with Crippen LogP contribution < -0.4 is 15.8 Å². The summed E-state index contributed by atoms with van der Waals surface area (Å²) in [5.74, 6) is 0.969. The molecule has 1 rings (SSSR count). The van der Waals surface area contributed by atoms with Crippen molar-refractivity contribution >= 4 is 21.8 Å². The third kappa shape index (κ3) is 5.06. The van der Waals surface area contributed by atoms with Gasteiger partial charge in [0.25, 0.3) is 5.91 Å². The van der Waals surface area contributed by atoms with E-state index >= 15 is 0 Å². The number of carbonyl (C=O) groups is 1. The Morgan fingerprint density at radius 3 is 2.83 bits per heavy atom. The Morgan fingerprint density at radius 1 is 1.50 bits per heavy atom. The molecule has 0 aliphatic carbocycles. The molecule has 0 aromatic heterocycles. The van der Waals surface area contributed by atoms with Crippen molar-refractivity contribution in [3.05, 3.63) is 28.2 Å². The van der Waals surface area contributed by atoms with Gasteiger partial charge in [0.15, 0.2) is 6.61 Å². The number of hydrogen-bond donors (Lipinski definition) is 2. The topological polar surface area (TPSA) is 64.3 Å². The first kappa shape index (κ1) is 15.0. The second kappa shape index (κ2) is 7.38. The number of carbonyl (C=O) groups excluding carboxylic acids is 1. The average molecular weight is 315 g/mol. The number of hydrogen-bond acceptors (Lipinski definition) is 3. The average Bonchev–Trinajstić information content (AvgIpc) is 2.34. The van der Waals surface area contributed by atoms with Crippen LogP contribution in [0.1, 0.15) is 19.4 Å². The summed E-state index contributed by atoms with van der Waals surface area (Å²) in [7, 11) is 0. The van der Waals surface area contributed by atoms with Gasteiger partial charge in [-0.2, -0.15) is 0 Å². The lowest BCUT2D eigenvalue weighted by atomic mass is 10.2. The van der Waals surface area contributed by atoms with Crippen LogP contribution in [0.2, 0.25) is 0 Å². The van der Waals surface area contributed by atoms with Crippen LogP contribution in [0.25, 0.3) is 0 Å². The van der Waals surface area contributed by atoms with Gasteiger partial charge in [-0.1, -0.05) is 29.8 Å². The Balaban J connectivity index is 2.50. The molecular weight excluding hydrogens is 296 g/mol. The van der Waals surface area contributed by atoms with E-state index in [1.165, 1.54) is 0 Å². The molecule has 0 fully saturated rings. The molecule has 4 nitrogen and oxygen atoms in total. The molecule has 5 heteroatoms. The lowest BCUT2D eigenvalue weighted by Gasteiger charge is -2.11. The minimum Gasteiger partial charge on any atom is -0.483 e. The SMILES string of the molecule is CC(C)CNC(=O)COc1ccc(Br)cc1CN. The van der Waals surface area contributed by atoms with Gasteiger partial charge in [-0.05, 0) is 24.1 Å². The fourth-order valence-corrected chi connectivity index (χ4v) is 1.77. The fraction of sp³-hybridized carbons (Fsp3) is 0.462. The van der Waals surface area contributed by atoms with Gasteiger partial charge in [-0.15, -0.1) is 0 Å². The summed E-state index contributed by atoms with van der Waals surface area (Å²) >= 11 is 3.37. The van der Waals surface area contributed by atoms with E-state index in [0.29, 0.717) is 24.8 Å². The zero-order valence-corrected chi connectivity index (χ0v) is 12.3. The first-order valence-corrected chi connectivity index (χ1v) is 6.70. The van der Waals surface area contributed by atoms with Crippen molar-refractivity contribution in [2.75, 3.05) is 13.2 Å². The largest absolute Gasteiger partial charge is 0.483 e. The molecule has 0 heterocycles. The van der Waals surface area contributed by atoms with Gasteiger partial charge in [0.05, 0.1) is 0 Å². The van der Waals surface area contributed by atoms with Crippen LogP contribution in [-0.2, 0) is 11.3 Å². The molecule has 3 N–H and O–H groups in total. The Bertz CT molecular complexity index is 408. The van der Waals surface area contributed by atoms with E-state index in [1.807, 2.05) is 32.0 Å². The molecule has 100 valence electrons. The smallest absolute Gasteiger partial charge is 0.257 e. The molecule has 0 saturated heterocycles. The number of halogens is 1. The van der Waals surface area contributed by atoms with Crippen molar-refractivity contribution in [1.29, 1.82) is 0 Å².